The summed E-state index contributed by atoms with van der Waals surface area (Å²) in [5.74, 6) is 2.89. The third-order valence-corrected chi connectivity index (χ3v) is 5.91. The zero-order chi connectivity index (χ0) is 23.8. The first-order valence-corrected chi connectivity index (χ1v) is 10.9. The van der Waals surface area contributed by atoms with Crippen LogP contribution in [-0.4, -0.2) is 37.2 Å². The van der Waals surface area contributed by atoms with Gasteiger partial charge in [-0.05, 0) is 69.2 Å². The van der Waals surface area contributed by atoms with Crippen LogP contribution in [0.1, 0.15) is 28.3 Å². The highest BCUT2D eigenvalue weighted by molar-refractivity contribution is 5.60. The van der Waals surface area contributed by atoms with Gasteiger partial charge >= 0.3 is 0 Å². The summed E-state index contributed by atoms with van der Waals surface area (Å²) in [5, 5.41) is 12.7. The van der Waals surface area contributed by atoms with E-state index in [1.807, 2.05) is 56.3 Å². The number of rotatable bonds is 6. The van der Waals surface area contributed by atoms with Crippen LogP contribution in [0.25, 0.3) is 34.4 Å². The SMILES string of the molecule is COc1ccc(-c2nc(Cn3nnc(-c4nc(-c5ccc(C)c(C)c5)no4)c3C)c(C)o2)cc1. The van der Waals surface area contributed by atoms with E-state index >= 15 is 0 Å². The Morgan fingerprint density at radius 1 is 0.882 bits per heavy atom. The Hall–Kier alpha value is -4.27. The Balaban J connectivity index is 1.38. The molecule has 0 unspecified atom stereocenters. The number of benzene rings is 2. The maximum atomic E-state index is 5.89. The predicted molar refractivity (Wildman–Crippen MR) is 125 cm³/mol. The van der Waals surface area contributed by atoms with Gasteiger partial charge in [0, 0.05) is 11.1 Å². The van der Waals surface area contributed by atoms with Gasteiger partial charge in [-0.3, -0.25) is 0 Å². The third-order valence-electron chi connectivity index (χ3n) is 5.91. The minimum Gasteiger partial charge on any atom is -0.497 e. The monoisotopic (exact) mass is 456 g/mol. The van der Waals surface area contributed by atoms with E-state index in [9.17, 15) is 0 Å². The summed E-state index contributed by atoms with van der Waals surface area (Å²) < 4.78 is 18.4. The molecule has 0 saturated heterocycles. The Morgan fingerprint density at radius 2 is 1.65 bits per heavy atom. The van der Waals surface area contributed by atoms with Crippen molar-refractivity contribution in [3.63, 3.8) is 0 Å². The molecule has 3 heterocycles. The quantitative estimate of drug-likeness (QED) is 0.354. The number of hydrogen-bond acceptors (Lipinski definition) is 8. The van der Waals surface area contributed by atoms with E-state index in [-0.39, 0.29) is 0 Å². The molecule has 0 radical (unpaired) electrons. The number of methoxy groups -OCH3 is 1. The second-order valence-corrected chi connectivity index (χ2v) is 8.15. The second kappa shape index (κ2) is 8.58. The molecule has 0 aliphatic carbocycles. The molecular weight excluding hydrogens is 432 g/mol. The van der Waals surface area contributed by atoms with E-state index in [1.54, 1.807) is 11.8 Å². The fourth-order valence-corrected chi connectivity index (χ4v) is 3.60. The van der Waals surface area contributed by atoms with Gasteiger partial charge in [-0.25, -0.2) is 9.67 Å². The van der Waals surface area contributed by atoms with Gasteiger partial charge < -0.3 is 13.7 Å². The highest BCUT2D eigenvalue weighted by atomic mass is 16.5. The van der Waals surface area contributed by atoms with Gasteiger partial charge in [-0.1, -0.05) is 22.5 Å². The summed E-state index contributed by atoms with van der Waals surface area (Å²) in [4.78, 5) is 9.21. The zero-order valence-electron chi connectivity index (χ0n) is 19.7. The Morgan fingerprint density at radius 3 is 2.38 bits per heavy atom. The van der Waals surface area contributed by atoms with Crippen molar-refractivity contribution in [2.24, 2.45) is 0 Å². The molecule has 0 aliphatic rings. The lowest BCUT2D eigenvalue weighted by atomic mass is 10.1. The third kappa shape index (κ3) is 3.96. The van der Waals surface area contributed by atoms with Gasteiger partial charge in [-0.2, -0.15) is 4.98 Å². The van der Waals surface area contributed by atoms with E-state index in [1.165, 1.54) is 11.1 Å². The summed E-state index contributed by atoms with van der Waals surface area (Å²) in [6.07, 6.45) is 0. The van der Waals surface area contributed by atoms with Crippen molar-refractivity contribution in [2.45, 2.75) is 34.2 Å². The van der Waals surface area contributed by atoms with Crippen molar-refractivity contribution in [2.75, 3.05) is 7.11 Å². The van der Waals surface area contributed by atoms with Crippen molar-refractivity contribution in [3.8, 4) is 40.2 Å². The molecule has 0 fully saturated rings. The smallest absolute Gasteiger partial charge is 0.280 e. The maximum absolute atomic E-state index is 5.89. The van der Waals surface area contributed by atoms with Crippen molar-refractivity contribution >= 4 is 0 Å². The fraction of sp³-hybridized carbons (Fsp3) is 0.240. The lowest BCUT2D eigenvalue weighted by molar-refractivity contribution is 0.415. The van der Waals surface area contributed by atoms with Crippen molar-refractivity contribution in [1.82, 2.24) is 30.1 Å². The van der Waals surface area contributed by atoms with E-state index in [4.69, 9.17) is 13.7 Å². The maximum Gasteiger partial charge on any atom is 0.280 e. The molecule has 34 heavy (non-hydrogen) atoms. The summed E-state index contributed by atoms with van der Waals surface area (Å²) in [6.45, 7) is 8.33. The van der Waals surface area contributed by atoms with E-state index in [0.717, 1.165) is 34.0 Å². The average Bonchev–Trinajstić information content (AvgIpc) is 3.56. The molecular formula is C25H24N6O3. The standard InChI is InChI=1S/C25H24N6O3/c1-14-6-7-19(12-15(14)2)23-27-25(34-29-23)22-16(3)31(30-28-22)13-21-17(4)33-24(26-21)18-8-10-20(32-5)11-9-18/h6-12H,13H2,1-5H3. The number of ether oxygens (including phenoxy) is 1. The van der Waals surface area contributed by atoms with Crippen molar-refractivity contribution < 1.29 is 13.7 Å². The molecule has 172 valence electrons. The van der Waals surface area contributed by atoms with Gasteiger partial charge in [-0.15, -0.1) is 5.10 Å². The second-order valence-electron chi connectivity index (χ2n) is 8.15. The molecule has 5 rings (SSSR count). The van der Waals surface area contributed by atoms with Crippen molar-refractivity contribution in [3.05, 3.63) is 70.7 Å². The number of aromatic nitrogens is 6. The van der Waals surface area contributed by atoms with E-state index in [0.29, 0.717) is 29.8 Å². The highest BCUT2D eigenvalue weighted by Gasteiger charge is 2.20. The lowest BCUT2D eigenvalue weighted by Gasteiger charge is -2.01. The first-order valence-electron chi connectivity index (χ1n) is 10.9. The molecule has 0 amide bonds. The summed E-state index contributed by atoms with van der Waals surface area (Å²) in [6, 6.07) is 13.6. The molecule has 2 aromatic carbocycles. The first-order chi connectivity index (χ1) is 16.4. The highest BCUT2D eigenvalue weighted by Crippen LogP contribution is 2.27. The summed E-state index contributed by atoms with van der Waals surface area (Å²) >= 11 is 0. The molecule has 0 bridgehead atoms. The van der Waals surface area contributed by atoms with Crippen LogP contribution in [0.3, 0.4) is 0 Å². The van der Waals surface area contributed by atoms with Crippen LogP contribution in [0.5, 0.6) is 5.75 Å². The zero-order valence-corrected chi connectivity index (χ0v) is 19.7. The van der Waals surface area contributed by atoms with E-state index in [2.05, 4.69) is 39.3 Å². The Bertz CT molecular complexity index is 1460. The number of nitrogens with zero attached hydrogens (tertiary/aromatic N) is 6. The lowest BCUT2D eigenvalue weighted by Crippen LogP contribution is -2.05. The van der Waals surface area contributed by atoms with Crippen LogP contribution in [0.4, 0.5) is 0 Å². The minimum atomic E-state index is 0.327. The van der Waals surface area contributed by atoms with Crippen LogP contribution in [0.15, 0.2) is 51.4 Å². The molecule has 5 aromatic rings. The number of aryl methyl sites for hydroxylation is 3. The summed E-state index contributed by atoms with van der Waals surface area (Å²) in [7, 11) is 1.63. The average molecular weight is 457 g/mol. The fourth-order valence-electron chi connectivity index (χ4n) is 3.60. The van der Waals surface area contributed by atoms with Gasteiger partial charge in [0.15, 0.2) is 5.69 Å². The van der Waals surface area contributed by atoms with Crippen LogP contribution in [0.2, 0.25) is 0 Å². The molecule has 9 nitrogen and oxygen atoms in total. The minimum absolute atomic E-state index is 0.327. The molecule has 9 heteroatoms. The number of hydrogen-bond donors (Lipinski definition) is 0. The largest absolute Gasteiger partial charge is 0.497 e. The molecule has 0 aliphatic heterocycles. The molecule has 0 saturated carbocycles. The van der Waals surface area contributed by atoms with Gasteiger partial charge in [0.05, 0.1) is 19.3 Å². The molecule has 0 N–H and O–H groups in total. The van der Waals surface area contributed by atoms with Gasteiger partial charge in [0.25, 0.3) is 5.89 Å². The van der Waals surface area contributed by atoms with Crippen LogP contribution >= 0.6 is 0 Å². The number of oxazole rings is 1. The topological polar surface area (TPSA) is 105 Å². The Kier molecular flexibility index (Phi) is 5.45. The van der Waals surface area contributed by atoms with Gasteiger partial charge in [0.2, 0.25) is 11.7 Å². The Labute approximate surface area is 196 Å². The normalized spacial score (nSPS) is 11.2. The molecule has 0 atom stereocenters. The van der Waals surface area contributed by atoms with Gasteiger partial charge in [0.1, 0.15) is 17.2 Å². The first kappa shape index (κ1) is 21.6. The molecule has 3 aromatic heterocycles. The molecule has 0 spiro atoms. The summed E-state index contributed by atoms with van der Waals surface area (Å²) in [5.41, 5.74) is 6.25. The van der Waals surface area contributed by atoms with Crippen molar-refractivity contribution in [1.29, 1.82) is 0 Å². The van der Waals surface area contributed by atoms with Crippen LogP contribution < -0.4 is 4.74 Å². The van der Waals surface area contributed by atoms with Crippen LogP contribution in [0, 0.1) is 27.7 Å². The van der Waals surface area contributed by atoms with E-state index < -0.39 is 0 Å². The predicted octanol–water partition coefficient (Wildman–Crippen LogP) is 4.94. The van der Waals surface area contributed by atoms with Crippen LogP contribution in [-0.2, 0) is 6.54 Å².